The molecule has 1 heterocycles. The molecule has 2 rings (SSSR count). The number of urea groups is 1. The number of hydrogen-bond acceptors (Lipinski definition) is 5. The monoisotopic (exact) mass is 402 g/mol. The lowest BCUT2D eigenvalue weighted by Gasteiger charge is -2.14. The number of nitrogens with one attached hydrogen (secondary N) is 2. The maximum Gasteiger partial charge on any atom is 0.319 e. The molecule has 2 N–H and O–H groups in total. The first-order valence-electron chi connectivity index (χ1n) is 6.95. The van der Waals surface area contributed by atoms with Crippen molar-refractivity contribution < 1.29 is 14.1 Å². The van der Waals surface area contributed by atoms with Crippen LogP contribution in [0.15, 0.2) is 21.1 Å². The Balaban J connectivity index is 1.94. The van der Waals surface area contributed by atoms with Crippen LogP contribution < -0.4 is 15.4 Å². The summed E-state index contributed by atoms with van der Waals surface area (Å²) in [5.74, 6) is 1.57. The van der Waals surface area contributed by atoms with Crippen LogP contribution in [0.2, 0.25) is 5.02 Å². The van der Waals surface area contributed by atoms with Gasteiger partial charge in [-0.2, -0.15) is 4.98 Å². The van der Waals surface area contributed by atoms with Gasteiger partial charge in [-0.15, -0.1) is 0 Å². The zero-order chi connectivity index (χ0) is 16.8. The molecule has 0 fully saturated rings. The summed E-state index contributed by atoms with van der Waals surface area (Å²) in [4.78, 5) is 16.0. The molecule has 0 bridgehead atoms. The smallest absolute Gasteiger partial charge is 0.319 e. The van der Waals surface area contributed by atoms with Gasteiger partial charge >= 0.3 is 6.03 Å². The molecule has 1 aromatic carbocycles. The van der Waals surface area contributed by atoms with Crippen LogP contribution in [-0.2, 0) is 6.42 Å². The van der Waals surface area contributed by atoms with Gasteiger partial charge in [-0.05, 0) is 41.9 Å². The van der Waals surface area contributed by atoms with Crippen LogP contribution in [-0.4, -0.2) is 29.3 Å². The highest BCUT2D eigenvalue weighted by atomic mass is 79.9. The number of anilines is 1. The Morgan fingerprint density at radius 3 is 2.91 bits per heavy atom. The van der Waals surface area contributed by atoms with E-state index in [2.05, 4.69) is 36.7 Å². The third-order valence-electron chi connectivity index (χ3n) is 2.74. The van der Waals surface area contributed by atoms with Crippen molar-refractivity contribution in [2.75, 3.05) is 18.5 Å². The first-order valence-corrected chi connectivity index (χ1v) is 8.12. The molecule has 0 aliphatic carbocycles. The highest BCUT2D eigenvalue weighted by molar-refractivity contribution is 9.10. The van der Waals surface area contributed by atoms with Crippen molar-refractivity contribution in [3.05, 3.63) is 33.3 Å². The number of aromatic nitrogens is 2. The van der Waals surface area contributed by atoms with Gasteiger partial charge in [-0.25, -0.2) is 4.79 Å². The molecule has 0 spiro atoms. The average molecular weight is 404 g/mol. The van der Waals surface area contributed by atoms with E-state index in [-0.39, 0.29) is 6.03 Å². The van der Waals surface area contributed by atoms with E-state index in [0.717, 1.165) is 0 Å². The van der Waals surface area contributed by atoms with E-state index in [9.17, 15) is 4.79 Å². The zero-order valence-electron chi connectivity index (χ0n) is 12.7. The summed E-state index contributed by atoms with van der Waals surface area (Å²) in [5, 5.41) is 9.58. The molecule has 23 heavy (non-hydrogen) atoms. The summed E-state index contributed by atoms with van der Waals surface area (Å²) >= 11 is 9.37. The summed E-state index contributed by atoms with van der Waals surface area (Å²) in [5.41, 5.74) is 0.484. The molecule has 2 amide bonds. The Morgan fingerprint density at radius 2 is 2.26 bits per heavy atom. The average Bonchev–Trinajstić information content (AvgIpc) is 2.88. The molecular weight excluding hydrogens is 388 g/mol. The van der Waals surface area contributed by atoms with Gasteiger partial charge in [-0.3, -0.25) is 0 Å². The SMILES string of the molecule is CCOc1c(Br)cc(Cl)cc1NC(=O)NCCc1nc(C)no1. The highest BCUT2D eigenvalue weighted by Gasteiger charge is 2.13. The van der Waals surface area contributed by atoms with Gasteiger partial charge in [0.2, 0.25) is 5.89 Å². The zero-order valence-corrected chi connectivity index (χ0v) is 15.0. The van der Waals surface area contributed by atoms with Crippen molar-refractivity contribution in [2.45, 2.75) is 20.3 Å². The lowest BCUT2D eigenvalue weighted by atomic mass is 10.3. The van der Waals surface area contributed by atoms with E-state index in [4.69, 9.17) is 20.9 Å². The summed E-state index contributed by atoms with van der Waals surface area (Å²) in [6.45, 7) is 4.42. The first kappa shape index (κ1) is 17.6. The molecule has 2 aromatic rings. The molecule has 124 valence electrons. The molecule has 7 nitrogen and oxygen atoms in total. The number of rotatable bonds is 6. The molecule has 9 heteroatoms. The second kappa shape index (κ2) is 8.16. The molecule has 1 aromatic heterocycles. The van der Waals surface area contributed by atoms with Gasteiger partial charge in [0.05, 0.1) is 16.8 Å². The molecule has 0 aliphatic heterocycles. The van der Waals surface area contributed by atoms with Gasteiger partial charge in [0.1, 0.15) is 0 Å². The van der Waals surface area contributed by atoms with Crippen molar-refractivity contribution in [3.63, 3.8) is 0 Å². The molecular formula is C14H16BrClN4O3. The standard InChI is InChI=1S/C14H16BrClN4O3/c1-3-22-13-10(15)6-9(16)7-11(13)19-14(21)17-5-4-12-18-8(2)20-23-12/h6-7H,3-5H2,1-2H3,(H2,17,19,21). The number of nitrogens with zero attached hydrogens (tertiary/aromatic N) is 2. The van der Waals surface area contributed by atoms with Crippen molar-refractivity contribution in [3.8, 4) is 5.75 Å². The fourth-order valence-electron chi connectivity index (χ4n) is 1.84. The van der Waals surface area contributed by atoms with Gasteiger partial charge in [-0.1, -0.05) is 16.8 Å². The quantitative estimate of drug-likeness (QED) is 0.770. The molecule has 0 atom stereocenters. The fourth-order valence-corrected chi connectivity index (χ4v) is 2.76. The number of amides is 2. The van der Waals surface area contributed by atoms with Gasteiger partial charge < -0.3 is 19.9 Å². The largest absolute Gasteiger partial charge is 0.491 e. The predicted octanol–water partition coefficient (Wildman–Crippen LogP) is 3.56. The Labute approximate surface area is 146 Å². The minimum absolute atomic E-state index is 0.360. The number of ether oxygens (including phenoxy) is 1. The van der Waals surface area contributed by atoms with E-state index in [1.165, 1.54) is 0 Å². The van der Waals surface area contributed by atoms with E-state index < -0.39 is 0 Å². The van der Waals surface area contributed by atoms with Gasteiger partial charge in [0.15, 0.2) is 11.6 Å². The predicted molar refractivity (Wildman–Crippen MR) is 90.1 cm³/mol. The lowest BCUT2D eigenvalue weighted by molar-refractivity contribution is 0.251. The van der Waals surface area contributed by atoms with Crippen LogP contribution in [0.4, 0.5) is 10.5 Å². The Hall–Kier alpha value is -1.80. The van der Waals surface area contributed by atoms with E-state index >= 15 is 0 Å². The Morgan fingerprint density at radius 1 is 1.48 bits per heavy atom. The minimum Gasteiger partial charge on any atom is -0.491 e. The number of aryl methyl sites for hydroxylation is 1. The highest BCUT2D eigenvalue weighted by Crippen LogP contribution is 2.36. The molecule has 0 radical (unpaired) electrons. The topological polar surface area (TPSA) is 89.3 Å². The van der Waals surface area contributed by atoms with Crippen LogP contribution in [0.25, 0.3) is 0 Å². The maximum absolute atomic E-state index is 12.0. The summed E-state index contributed by atoms with van der Waals surface area (Å²) in [7, 11) is 0. The van der Waals surface area contributed by atoms with Crippen molar-refractivity contribution >= 4 is 39.2 Å². The van der Waals surface area contributed by atoms with Crippen LogP contribution in [0, 0.1) is 6.92 Å². The van der Waals surface area contributed by atoms with Crippen LogP contribution >= 0.6 is 27.5 Å². The van der Waals surface area contributed by atoms with Crippen LogP contribution in [0.3, 0.4) is 0 Å². The number of halogens is 2. The van der Waals surface area contributed by atoms with Crippen molar-refractivity contribution in [1.82, 2.24) is 15.5 Å². The van der Waals surface area contributed by atoms with Crippen LogP contribution in [0.1, 0.15) is 18.6 Å². The van der Waals surface area contributed by atoms with E-state index in [1.54, 1.807) is 19.1 Å². The number of carbonyl (C=O) groups is 1. The Bertz CT molecular complexity index is 693. The number of benzene rings is 1. The molecule has 0 aliphatic rings. The summed E-state index contributed by atoms with van der Waals surface area (Å²) in [6, 6.07) is 2.95. The summed E-state index contributed by atoms with van der Waals surface area (Å²) < 4.78 is 11.2. The summed E-state index contributed by atoms with van der Waals surface area (Å²) in [6.07, 6.45) is 0.450. The van der Waals surface area contributed by atoms with E-state index in [0.29, 0.717) is 52.2 Å². The second-order valence-electron chi connectivity index (χ2n) is 4.56. The molecule has 0 saturated carbocycles. The van der Waals surface area contributed by atoms with E-state index in [1.807, 2.05) is 6.92 Å². The fraction of sp³-hybridized carbons (Fsp3) is 0.357. The van der Waals surface area contributed by atoms with Crippen molar-refractivity contribution in [1.29, 1.82) is 0 Å². The Kier molecular flexibility index (Phi) is 6.23. The normalized spacial score (nSPS) is 10.4. The number of carbonyl (C=O) groups excluding carboxylic acids is 1. The minimum atomic E-state index is -0.378. The van der Waals surface area contributed by atoms with Crippen molar-refractivity contribution in [2.24, 2.45) is 0 Å². The first-order chi connectivity index (χ1) is 11.0. The van der Waals surface area contributed by atoms with Gasteiger partial charge in [0, 0.05) is 18.0 Å². The third-order valence-corrected chi connectivity index (χ3v) is 3.55. The number of hydrogen-bond donors (Lipinski definition) is 2. The third kappa shape index (κ3) is 5.11. The van der Waals surface area contributed by atoms with Crippen LogP contribution in [0.5, 0.6) is 5.75 Å². The second-order valence-corrected chi connectivity index (χ2v) is 5.85. The molecule has 0 unspecified atom stereocenters. The molecule has 0 saturated heterocycles. The maximum atomic E-state index is 12.0. The lowest BCUT2D eigenvalue weighted by Crippen LogP contribution is -2.30. The van der Waals surface area contributed by atoms with Gasteiger partial charge in [0.25, 0.3) is 0 Å².